The first-order valence-corrected chi connectivity index (χ1v) is 16.5. The van der Waals surface area contributed by atoms with Gasteiger partial charge in [0.25, 0.3) is 0 Å². The maximum atomic E-state index is 14.7. The van der Waals surface area contributed by atoms with Crippen LogP contribution in [0.4, 0.5) is 10.2 Å². The van der Waals surface area contributed by atoms with Crippen LogP contribution in [0.15, 0.2) is 30.5 Å². The first kappa shape index (κ1) is 24.7. The monoisotopic (exact) mass is 574 g/mol. The Balaban J connectivity index is 1.37. The Morgan fingerprint density at radius 1 is 1.27 bits per heavy atom. The van der Waals surface area contributed by atoms with Crippen LogP contribution >= 0.6 is 0 Å². The molecule has 2 heterocycles. The van der Waals surface area contributed by atoms with E-state index in [2.05, 4.69) is 28.3 Å². The minimum absolute atomic E-state index is 0.0493. The molecule has 0 bridgehead atoms. The summed E-state index contributed by atoms with van der Waals surface area (Å²) < 4.78 is 23.5. The number of anilines is 1. The van der Waals surface area contributed by atoms with Gasteiger partial charge < -0.3 is 0 Å². The summed E-state index contributed by atoms with van der Waals surface area (Å²) in [5, 5.41) is 12.5. The molecule has 2 aliphatic carbocycles. The average molecular weight is 574 g/mol. The molecular formula is C25H33As2FN4O. The predicted molar refractivity (Wildman–Crippen MR) is 134 cm³/mol. The summed E-state index contributed by atoms with van der Waals surface area (Å²) in [6, 6.07) is 9.93. The molecule has 2 aromatic rings. The van der Waals surface area contributed by atoms with Crippen LogP contribution in [-0.2, 0) is 4.74 Å². The number of hydrogen-bond donors (Lipinski definition) is 1. The molecule has 5 nitrogen and oxygen atoms in total. The predicted octanol–water partition coefficient (Wildman–Crippen LogP) is 4.10. The summed E-state index contributed by atoms with van der Waals surface area (Å²) in [7, 11) is 1.80. The molecule has 2 unspecified atom stereocenters. The molecule has 4 rings (SSSR count). The Morgan fingerprint density at radius 3 is 2.73 bits per heavy atom. The van der Waals surface area contributed by atoms with Crippen LogP contribution in [0.2, 0.25) is 14.1 Å². The summed E-state index contributed by atoms with van der Waals surface area (Å²) >= 11 is -0.364. The quantitative estimate of drug-likeness (QED) is 0.433. The maximum absolute atomic E-state index is 14.7. The van der Waals surface area contributed by atoms with Gasteiger partial charge in [0.2, 0.25) is 0 Å². The van der Waals surface area contributed by atoms with Crippen molar-refractivity contribution in [2.45, 2.75) is 59.6 Å². The van der Waals surface area contributed by atoms with Crippen molar-refractivity contribution in [3.8, 4) is 17.3 Å². The molecule has 176 valence electrons. The topological polar surface area (TPSA) is 70.8 Å². The van der Waals surface area contributed by atoms with Crippen molar-refractivity contribution in [1.29, 1.82) is 5.26 Å². The van der Waals surface area contributed by atoms with Crippen LogP contribution in [0.25, 0.3) is 11.3 Å². The second-order valence-corrected chi connectivity index (χ2v) is 17.3. The second-order valence-electron chi connectivity index (χ2n) is 9.42. The van der Waals surface area contributed by atoms with Crippen molar-refractivity contribution >= 4 is 41.8 Å². The van der Waals surface area contributed by atoms with E-state index in [1.54, 1.807) is 7.11 Å². The van der Waals surface area contributed by atoms with Crippen LogP contribution in [0.1, 0.15) is 45.4 Å². The number of pyridine rings is 2. The zero-order chi connectivity index (χ0) is 23.3. The van der Waals surface area contributed by atoms with E-state index in [0.29, 0.717) is 23.6 Å². The van der Waals surface area contributed by atoms with Crippen molar-refractivity contribution < 1.29 is 9.13 Å². The molecular weight excluding hydrogens is 541 g/mol. The number of nitrogens with one attached hydrogen (secondary N) is 1. The molecule has 2 fully saturated rings. The minimum atomic E-state index is -0.414. The summed E-state index contributed by atoms with van der Waals surface area (Å²) in [6.07, 6.45) is 8.50. The van der Waals surface area contributed by atoms with Crippen LogP contribution in [-0.4, -0.2) is 61.7 Å². The zero-order valence-corrected chi connectivity index (χ0v) is 23.6. The third kappa shape index (κ3) is 6.81. The summed E-state index contributed by atoms with van der Waals surface area (Å²) in [5.74, 6) is 0.361. The van der Waals surface area contributed by atoms with Crippen LogP contribution in [0.3, 0.4) is 0 Å². The fourth-order valence-electron chi connectivity index (χ4n) is 4.45. The van der Waals surface area contributed by atoms with Gasteiger partial charge in [-0.15, -0.1) is 0 Å². The average Bonchev–Trinajstić information content (AvgIpc) is 3.61. The van der Waals surface area contributed by atoms with Gasteiger partial charge in [-0.25, -0.2) is 0 Å². The third-order valence-electron chi connectivity index (χ3n) is 6.60. The van der Waals surface area contributed by atoms with Gasteiger partial charge in [0.05, 0.1) is 0 Å². The molecule has 33 heavy (non-hydrogen) atoms. The summed E-state index contributed by atoms with van der Waals surface area (Å²) in [6.45, 7) is 3.82. The normalized spacial score (nSPS) is 23.1. The van der Waals surface area contributed by atoms with E-state index in [9.17, 15) is 9.65 Å². The van der Waals surface area contributed by atoms with Crippen molar-refractivity contribution in [2.75, 3.05) is 25.6 Å². The van der Waals surface area contributed by atoms with Gasteiger partial charge in [-0.05, 0) is 0 Å². The van der Waals surface area contributed by atoms with E-state index in [1.165, 1.54) is 31.9 Å². The van der Waals surface area contributed by atoms with Crippen LogP contribution < -0.4 is 9.80 Å². The molecule has 2 aromatic heterocycles. The number of methoxy groups -OCH3 is 1. The van der Waals surface area contributed by atoms with E-state index in [4.69, 9.17) is 4.74 Å². The van der Waals surface area contributed by atoms with Gasteiger partial charge >= 0.3 is 210 Å². The van der Waals surface area contributed by atoms with E-state index in [1.807, 2.05) is 24.3 Å². The van der Waals surface area contributed by atoms with E-state index >= 15 is 0 Å². The van der Waals surface area contributed by atoms with Crippen molar-refractivity contribution in [1.82, 2.24) is 9.97 Å². The number of aromatic nitrogens is 2. The van der Waals surface area contributed by atoms with Gasteiger partial charge in [0, 0.05) is 0 Å². The van der Waals surface area contributed by atoms with E-state index in [0.717, 1.165) is 38.0 Å². The van der Waals surface area contributed by atoms with Crippen LogP contribution in [0, 0.1) is 22.6 Å². The van der Waals surface area contributed by atoms with E-state index < -0.39 is 15.8 Å². The third-order valence-corrected chi connectivity index (χ3v) is 13.6. The number of rotatable bonds is 10. The van der Waals surface area contributed by atoms with Gasteiger partial charge in [0.1, 0.15) is 0 Å². The van der Waals surface area contributed by atoms with Gasteiger partial charge in [-0.3, -0.25) is 0 Å². The first-order valence-electron chi connectivity index (χ1n) is 11.8. The van der Waals surface area contributed by atoms with Crippen molar-refractivity contribution in [3.05, 3.63) is 36.3 Å². The molecule has 0 aliphatic heterocycles. The number of ether oxygens (including phenoxy) is 1. The van der Waals surface area contributed by atoms with Crippen molar-refractivity contribution in [2.24, 2.45) is 5.41 Å². The van der Waals surface area contributed by atoms with Crippen LogP contribution in [0.5, 0.6) is 0 Å². The van der Waals surface area contributed by atoms with E-state index in [-0.39, 0.29) is 27.0 Å². The fourth-order valence-corrected chi connectivity index (χ4v) is 11.0. The molecule has 8 heteroatoms. The second kappa shape index (κ2) is 11.3. The molecule has 2 saturated carbocycles. The molecule has 0 aromatic carbocycles. The SMILES string of the molecule is COC[C@H](C)[AsH][C@H]1CC[C@H]([AsH]c2cc(-c3cccc(NCC4(C#N)CC4)n3)c(F)cn2)CC1. The molecule has 2 aliphatic rings. The van der Waals surface area contributed by atoms with Crippen molar-refractivity contribution in [3.63, 3.8) is 0 Å². The van der Waals surface area contributed by atoms with Gasteiger partial charge in [-0.2, -0.15) is 0 Å². The Labute approximate surface area is 209 Å². The Hall–Kier alpha value is -1.40. The molecule has 0 amide bonds. The molecule has 3 atom stereocenters. The first-order chi connectivity index (χ1) is 16.0. The molecule has 0 radical (unpaired) electrons. The number of hydrogen-bond acceptors (Lipinski definition) is 5. The molecule has 0 spiro atoms. The Morgan fingerprint density at radius 2 is 2.03 bits per heavy atom. The zero-order valence-electron chi connectivity index (χ0n) is 19.4. The Bertz CT molecular complexity index is 987. The number of halogens is 1. The fraction of sp³-hybridized carbons (Fsp3) is 0.560. The summed E-state index contributed by atoms with van der Waals surface area (Å²) in [4.78, 5) is 9.08. The van der Waals surface area contributed by atoms with Gasteiger partial charge in [0.15, 0.2) is 0 Å². The van der Waals surface area contributed by atoms with Gasteiger partial charge in [-0.1, -0.05) is 0 Å². The Kier molecular flexibility index (Phi) is 8.50. The summed E-state index contributed by atoms with van der Waals surface area (Å²) in [5.41, 5.74) is 0.902. The standard InChI is InChI=1S/C25H33As2FN4O/c1-17(14-33-2)26-18-6-8-19(9-7-18)27-23-12-20(21(28)13-30-23)22-4-3-5-24(32-22)31-16-25(15-29)10-11-25/h3-5,12-13,17-19,26-27H,6-11,14,16H2,1-2H3,(H,31,32)/t17-,18-,19-/m0/s1. The number of nitriles is 1. The molecule has 1 N–H and O–H groups in total. The number of nitrogens with zero attached hydrogens (tertiary/aromatic N) is 3. The molecule has 0 saturated heterocycles.